The number of ether oxygens (including phenoxy) is 1. The minimum absolute atomic E-state index is 0.271. The van der Waals surface area contributed by atoms with Gasteiger partial charge in [-0.1, -0.05) is 12.1 Å². The average Bonchev–Trinajstić information content (AvgIpc) is 2.85. The fourth-order valence-electron chi connectivity index (χ4n) is 1.44. The van der Waals surface area contributed by atoms with Crippen molar-refractivity contribution in [3.05, 3.63) is 29.8 Å². The van der Waals surface area contributed by atoms with Crippen molar-refractivity contribution in [3.8, 4) is 5.75 Å². The molecule has 0 aromatic heterocycles. The van der Waals surface area contributed by atoms with Gasteiger partial charge in [-0.15, -0.1) is 0 Å². The Kier molecular flexibility index (Phi) is 2.53. The van der Waals surface area contributed by atoms with Crippen LogP contribution in [-0.2, 0) is 0 Å². The lowest BCUT2D eigenvalue weighted by Crippen LogP contribution is -2.29. The van der Waals surface area contributed by atoms with Crippen LogP contribution in [0.1, 0.15) is 16.8 Å². The number of nitrogens with one attached hydrogen (secondary N) is 1. The fraction of sp³-hybridized carbons (Fsp3) is 0.364. The molecular weight excluding hydrogens is 216 g/mol. The number of carbonyl (C=O) groups excluding carboxylic acids is 1. The number of rotatable bonds is 3. The lowest BCUT2D eigenvalue weighted by atomic mass is 10.2. The van der Waals surface area contributed by atoms with Crippen LogP contribution in [0.5, 0.6) is 5.75 Å². The van der Waals surface area contributed by atoms with Crippen molar-refractivity contribution in [1.29, 1.82) is 0 Å². The van der Waals surface area contributed by atoms with Crippen molar-refractivity contribution in [2.45, 2.75) is 18.4 Å². The van der Waals surface area contributed by atoms with Crippen LogP contribution >= 0.6 is 0 Å². The number of hydrogen-bond donors (Lipinski definition) is 1. The predicted octanol–water partition coefficient (Wildman–Crippen LogP) is 1.83. The van der Waals surface area contributed by atoms with Gasteiger partial charge in [0.05, 0.1) is 18.7 Å². The molecule has 1 fully saturated rings. The van der Waals surface area contributed by atoms with Crippen LogP contribution in [0.3, 0.4) is 0 Å². The molecule has 1 aliphatic carbocycles. The van der Waals surface area contributed by atoms with Crippen molar-refractivity contribution in [2.24, 2.45) is 0 Å². The summed E-state index contributed by atoms with van der Waals surface area (Å²) in [6.07, 6.45) is -0.284. The van der Waals surface area contributed by atoms with Gasteiger partial charge in [0.1, 0.15) is 5.75 Å². The standard InChI is InChI=1S/C11H11F2NO2/c1-16-8-5-3-2-4-7(8)10(15)14-9-6-11(9,12)13/h2-5,9H,6H2,1H3,(H,14,15). The van der Waals surface area contributed by atoms with E-state index in [0.29, 0.717) is 5.75 Å². The van der Waals surface area contributed by atoms with Crippen LogP contribution in [0.15, 0.2) is 24.3 Å². The van der Waals surface area contributed by atoms with Crippen molar-refractivity contribution in [3.63, 3.8) is 0 Å². The first kappa shape index (κ1) is 10.9. The molecule has 0 heterocycles. The van der Waals surface area contributed by atoms with Crippen LogP contribution in [0.4, 0.5) is 8.78 Å². The zero-order valence-corrected chi connectivity index (χ0v) is 8.67. The van der Waals surface area contributed by atoms with Crippen molar-refractivity contribution in [1.82, 2.24) is 5.32 Å². The summed E-state index contributed by atoms with van der Waals surface area (Å²) in [5.41, 5.74) is 0.271. The van der Waals surface area contributed by atoms with Crippen LogP contribution in [0.2, 0.25) is 0 Å². The second-order valence-electron chi connectivity index (χ2n) is 3.69. The maximum absolute atomic E-state index is 12.6. The van der Waals surface area contributed by atoms with Crippen molar-refractivity contribution < 1.29 is 18.3 Å². The highest BCUT2D eigenvalue weighted by Crippen LogP contribution is 2.41. The third-order valence-corrected chi connectivity index (χ3v) is 2.48. The Labute approximate surface area is 91.4 Å². The highest BCUT2D eigenvalue weighted by atomic mass is 19.3. The average molecular weight is 227 g/mol. The summed E-state index contributed by atoms with van der Waals surface area (Å²) in [7, 11) is 1.43. The lowest BCUT2D eigenvalue weighted by molar-refractivity contribution is 0.0847. The smallest absolute Gasteiger partial charge is 0.270 e. The van der Waals surface area contributed by atoms with Gasteiger partial charge in [-0.2, -0.15) is 0 Å². The van der Waals surface area contributed by atoms with Crippen LogP contribution < -0.4 is 10.1 Å². The van der Waals surface area contributed by atoms with Gasteiger partial charge < -0.3 is 10.1 Å². The van der Waals surface area contributed by atoms with E-state index in [0.717, 1.165) is 0 Å². The Hall–Kier alpha value is -1.65. The molecule has 1 amide bonds. The molecule has 3 nitrogen and oxygen atoms in total. The molecular formula is C11H11F2NO2. The number of para-hydroxylation sites is 1. The van der Waals surface area contributed by atoms with Gasteiger partial charge in [0.2, 0.25) is 0 Å². The van der Waals surface area contributed by atoms with Gasteiger partial charge in [-0.05, 0) is 12.1 Å². The van der Waals surface area contributed by atoms with Gasteiger partial charge in [0.15, 0.2) is 0 Å². The van der Waals surface area contributed by atoms with Gasteiger partial charge in [-0.25, -0.2) is 8.78 Å². The van der Waals surface area contributed by atoms with E-state index < -0.39 is 17.9 Å². The van der Waals surface area contributed by atoms with Crippen molar-refractivity contribution in [2.75, 3.05) is 7.11 Å². The van der Waals surface area contributed by atoms with Crippen LogP contribution in [0, 0.1) is 0 Å². The highest BCUT2D eigenvalue weighted by Gasteiger charge is 2.57. The summed E-state index contributed by atoms with van der Waals surface area (Å²) in [4.78, 5) is 11.6. The zero-order valence-electron chi connectivity index (χ0n) is 8.67. The maximum atomic E-state index is 12.6. The van der Waals surface area contributed by atoms with E-state index in [1.165, 1.54) is 13.2 Å². The molecule has 86 valence electrons. The molecule has 0 radical (unpaired) electrons. The SMILES string of the molecule is COc1ccccc1C(=O)NC1CC1(F)F. The maximum Gasteiger partial charge on any atom is 0.270 e. The number of methoxy groups -OCH3 is 1. The Balaban J connectivity index is 2.09. The molecule has 2 rings (SSSR count). The number of hydrogen-bond acceptors (Lipinski definition) is 2. The number of carbonyl (C=O) groups is 1. The summed E-state index contributed by atoms with van der Waals surface area (Å²) in [5.74, 6) is -2.90. The van der Waals surface area contributed by atoms with Gasteiger partial charge in [-0.3, -0.25) is 4.79 Å². The minimum Gasteiger partial charge on any atom is -0.496 e. The lowest BCUT2D eigenvalue weighted by Gasteiger charge is -2.08. The number of halogens is 2. The van der Waals surface area contributed by atoms with E-state index in [9.17, 15) is 13.6 Å². The van der Waals surface area contributed by atoms with Gasteiger partial charge in [0, 0.05) is 6.42 Å². The largest absolute Gasteiger partial charge is 0.496 e. The number of benzene rings is 1. The Morgan fingerprint density at radius 2 is 2.12 bits per heavy atom. The summed E-state index contributed by atoms with van der Waals surface area (Å²) in [5, 5.41) is 2.27. The van der Waals surface area contributed by atoms with E-state index in [1.807, 2.05) is 0 Å². The first-order valence-corrected chi connectivity index (χ1v) is 4.86. The van der Waals surface area contributed by atoms with E-state index in [-0.39, 0.29) is 12.0 Å². The van der Waals surface area contributed by atoms with Gasteiger partial charge in [0.25, 0.3) is 11.8 Å². The van der Waals surface area contributed by atoms with E-state index in [1.54, 1.807) is 18.2 Å². The molecule has 1 N–H and O–H groups in total. The van der Waals surface area contributed by atoms with Crippen LogP contribution in [-0.4, -0.2) is 25.0 Å². The normalized spacial score (nSPS) is 21.3. The minimum atomic E-state index is -2.75. The topological polar surface area (TPSA) is 38.3 Å². The first-order chi connectivity index (χ1) is 7.54. The summed E-state index contributed by atoms with van der Waals surface area (Å²) in [6, 6.07) is 5.48. The molecule has 0 aliphatic heterocycles. The molecule has 0 bridgehead atoms. The number of amides is 1. The molecule has 1 aromatic rings. The molecule has 16 heavy (non-hydrogen) atoms. The second-order valence-corrected chi connectivity index (χ2v) is 3.69. The first-order valence-electron chi connectivity index (χ1n) is 4.86. The molecule has 5 heteroatoms. The van der Waals surface area contributed by atoms with Crippen LogP contribution in [0.25, 0.3) is 0 Å². The summed E-state index contributed by atoms with van der Waals surface area (Å²) < 4.78 is 30.2. The Morgan fingerprint density at radius 1 is 1.50 bits per heavy atom. The van der Waals surface area contributed by atoms with Crippen molar-refractivity contribution >= 4 is 5.91 Å². The molecule has 1 aliphatic rings. The molecule has 0 saturated heterocycles. The zero-order chi connectivity index (χ0) is 11.8. The van der Waals surface area contributed by atoms with E-state index in [2.05, 4.69) is 5.32 Å². The molecule has 0 spiro atoms. The Bertz CT molecular complexity index is 420. The van der Waals surface area contributed by atoms with E-state index in [4.69, 9.17) is 4.74 Å². The summed E-state index contributed by atoms with van der Waals surface area (Å²) in [6.45, 7) is 0. The molecule has 1 unspecified atom stereocenters. The molecule has 1 aromatic carbocycles. The summed E-state index contributed by atoms with van der Waals surface area (Å²) >= 11 is 0. The predicted molar refractivity (Wildman–Crippen MR) is 53.8 cm³/mol. The third-order valence-electron chi connectivity index (χ3n) is 2.48. The fourth-order valence-corrected chi connectivity index (χ4v) is 1.44. The third kappa shape index (κ3) is 1.98. The van der Waals surface area contributed by atoms with E-state index >= 15 is 0 Å². The second kappa shape index (κ2) is 3.73. The highest BCUT2D eigenvalue weighted by molar-refractivity contribution is 5.97. The molecule has 1 saturated carbocycles. The number of alkyl halides is 2. The quantitative estimate of drug-likeness (QED) is 0.855. The van der Waals surface area contributed by atoms with Gasteiger partial charge >= 0.3 is 0 Å². The molecule has 1 atom stereocenters. The Morgan fingerprint density at radius 3 is 2.69 bits per heavy atom. The monoisotopic (exact) mass is 227 g/mol.